The number of aliphatic carboxylic acids is 1. The Labute approximate surface area is 85.7 Å². The summed E-state index contributed by atoms with van der Waals surface area (Å²) in [6.45, 7) is 1.71. The van der Waals surface area contributed by atoms with Crippen LogP contribution in [0.25, 0.3) is 10.9 Å². The van der Waals surface area contributed by atoms with Gasteiger partial charge in [-0.2, -0.15) is 0 Å². The molecular weight excluding hydrogens is 197 g/mol. The van der Waals surface area contributed by atoms with Crippen molar-refractivity contribution in [2.45, 2.75) is 13.5 Å². The molecule has 3 nitrogen and oxygen atoms in total. The molecule has 4 heteroatoms. The quantitative estimate of drug-likeness (QED) is 0.820. The second kappa shape index (κ2) is 3.38. The average Bonchev–Trinajstić information content (AvgIpc) is 2.41. The summed E-state index contributed by atoms with van der Waals surface area (Å²) in [6, 6.07) is 6.11. The Hall–Kier alpha value is -1.84. The minimum Gasteiger partial charge on any atom is -0.480 e. The number of hydrogen-bond acceptors (Lipinski definition) is 1. The fourth-order valence-electron chi connectivity index (χ4n) is 1.72. The first-order chi connectivity index (χ1) is 7.08. The molecule has 15 heavy (non-hydrogen) atoms. The van der Waals surface area contributed by atoms with E-state index in [9.17, 15) is 9.18 Å². The Morgan fingerprint density at radius 1 is 1.47 bits per heavy atom. The lowest BCUT2D eigenvalue weighted by atomic mass is 10.2. The van der Waals surface area contributed by atoms with Crippen molar-refractivity contribution in [3.05, 3.63) is 35.8 Å². The van der Waals surface area contributed by atoms with E-state index < -0.39 is 5.97 Å². The predicted octanol–water partition coefficient (Wildman–Crippen LogP) is 2.17. The van der Waals surface area contributed by atoms with Crippen LogP contribution in [0.5, 0.6) is 0 Å². The summed E-state index contributed by atoms with van der Waals surface area (Å²) >= 11 is 0. The van der Waals surface area contributed by atoms with Crippen molar-refractivity contribution < 1.29 is 14.3 Å². The van der Waals surface area contributed by atoms with Crippen LogP contribution in [0.1, 0.15) is 5.69 Å². The number of benzene rings is 1. The van der Waals surface area contributed by atoms with Crippen LogP contribution in [0, 0.1) is 12.7 Å². The van der Waals surface area contributed by atoms with Crippen molar-refractivity contribution in [2.24, 2.45) is 0 Å². The number of carboxylic acid groups (broad SMARTS) is 1. The number of halogens is 1. The molecule has 1 N–H and O–H groups in total. The lowest BCUT2D eigenvalue weighted by Crippen LogP contribution is -2.09. The number of aromatic nitrogens is 1. The summed E-state index contributed by atoms with van der Waals surface area (Å²) in [5, 5.41) is 9.46. The Morgan fingerprint density at radius 2 is 2.20 bits per heavy atom. The fourth-order valence-corrected chi connectivity index (χ4v) is 1.72. The third-order valence-electron chi connectivity index (χ3n) is 2.36. The Morgan fingerprint density at radius 3 is 2.87 bits per heavy atom. The number of carbonyl (C=O) groups is 1. The van der Waals surface area contributed by atoms with E-state index in [2.05, 4.69) is 0 Å². The molecule has 0 unspecified atom stereocenters. The molecule has 0 bridgehead atoms. The largest absolute Gasteiger partial charge is 0.480 e. The predicted molar refractivity (Wildman–Crippen MR) is 54.3 cm³/mol. The first-order valence-electron chi connectivity index (χ1n) is 4.55. The third-order valence-corrected chi connectivity index (χ3v) is 2.36. The summed E-state index contributed by atoms with van der Waals surface area (Å²) in [5.41, 5.74) is 1.56. The first kappa shape index (κ1) is 9.71. The van der Waals surface area contributed by atoms with Crippen LogP contribution < -0.4 is 0 Å². The highest BCUT2D eigenvalue weighted by Crippen LogP contribution is 2.20. The molecule has 0 spiro atoms. The lowest BCUT2D eigenvalue weighted by molar-refractivity contribution is -0.137. The van der Waals surface area contributed by atoms with Gasteiger partial charge in [0.25, 0.3) is 0 Å². The van der Waals surface area contributed by atoms with Gasteiger partial charge in [0.1, 0.15) is 12.4 Å². The minimum atomic E-state index is -0.903. The Balaban J connectivity index is 2.63. The molecule has 2 rings (SSSR count). The van der Waals surface area contributed by atoms with Crippen molar-refractivity contribution in [3.63, 3.8) is 0 Å². The molecule has 0 saturated heterocycles. The van der Waals surface area contributed by atoms with E-state index in [4.69, 9.17) is 5.11 Å². The topological polar surface area (TPSA) is 42.2 Å². The molecule has 0 aliphatic carbocycles. The molecule has 0 fully saturated rings. The number of hydrogen-bond donors (Lipinski definition) is 1. The molecular formula is C11H10FNO2. The van der Waals surface area contributed by atoms with Gasteiger partial charge in [-0.15, -0.1) is 0 Å². The number of aryl methyl sites for hydroxylation is 1. The zero-order valence-electron chi connectivity index (χ0n) is 8.20. The molecule has 78 valence electrons. The van der Waals surface area contributed by atoms with E-state index in [1.807, 2.05) is 0 Å². The summed E-state index contributed by atoms with van der Waals surface area (Å²) in [6.07, 6.45) is 0. The fraction of sp³-hybridized carbons (Fsp3) is 0.182. The van der Waals surface area contributed by atoms with E-state index in [0.717, 1.165) is 16.6 Å². The third kappa shape index (κ3) is 1.70. The maximum Gasteiger partial charge on any atom is 0.323 e. The van der Waals surface area contributed by atoms with Crippen LogP contribution in [-0.4, -0.2) is 15.6 Å². The smallest absolute Gasteiger partial charge is 0.323 e. The van der Waals surface area contributed by atoms with Crippen molar-refractivity contribution in [1.29, 1.82) is 0 Å². The van der Waals surface area contributed by atoms with Crippen molar-refractivity contribution in [1.82, 2.24) is 4.57 Å². The van der Waals surface area contributed by atoms with Crippen LogP contribution in [0.3, 0.4) is 0 Å². The molecule has 1 heterocycles. The van der Waals surface area contributed by atoms with E-state index in [0.29, 0.717) is 0 Å². The molecule has 0 radical (unpaired) electrons. The Kier molecular flexibility index (Phi) is 2.19. The zero-order chi connectivity index (χ0) is 11.0. The van der Waals surface area contributed by atoms with Gasteiger partial charge in [-0.05, 0) is 31.2 Å². The Bertz CT molecular complexity index is 531. The number of rotatable bonds is 2. The lowest BCUT2D eigenvalue weighted by Gasteiger charge is -2.03. The number of carboxylic acids is 1. The van der Waals surface area contributed by atoms with Gasteiger partial charge in [-0.1, -0.05) is 0 Å². The average molecular weight is 207 g/mol. The van der Waals surface area contributed by atoms with Gasteiger partial charge < -0.3 is 9.67 Å². The SMILES string of the molecule is Cc1cc2cc(F)ccc2n1CC(=O)O. The minimum absolute atomic E-state index is 0.0963. The van der Waals surface area contributed by atoms with Crippen LogP contribution in [-0.2, 0) is 11.3 Å². The molecule has 0 amide bonds. The van der Waals surface area contributed by atoms with Crippen LogP contribution in [0.15, 0.2) is 24.3 Å². The van der Waals surface area contributed by atoms with Gasteiger partial charge in [0.2, 0.25) is 0 Å². The van der Waals surface area contributed by atoms with Crippen LogP contribution in [0.4, 0.5) is 4.39 Å². The maximum atomic E-state index is 12.9. The molecule has 0 aliphatic rings. The van der Waals surface area contributed by atoms with Gasteiger partial charge >= 0.3 is 5.97 Å². The van der Waals surface area contributed by atoms with Gasteiger partial charge in [-0.25, -0.2) is 4.39 Å². The molecule has 1 aromatic heterocycles. The number of fused-ring (bicyclic) bond motifs is 1. The van der Waals surface area contributed by atoms with Gasteiger partial charge in [0, 0.05) is 16.6 Å². The standard InChI is InChI=1S/C11H10FNO2/c1-7-4-8-5-9(12)2-3-10(8)13(7)6-11(14)15/h2-5H,6H2,1H3,(H,14,15). The van der Waals surface area contributed by atoms with E-state index in [-0.39, 0.29) is 12.4 Å². The zero-order valence-corrected chi connectivity index (χ0v) is 8.20. The summed E-state index contributed by atoms with van der Waals surface area (Å²) in [4.78, 5) is 10.6. The normalized spacial score (nSPS) is 10.8. The highest BCUT2D eigenvalue weighted by Gasteiger charge is 2.08. The molecule has 1 aromatic carbocycles. The summed E-state index contributed by atoms with van der Waals surface area (Å²) in [7, 11) is 0. The second-order valence-corrected chi connectivity index (χ2v) is 3.47. The van der Waals surface area contributed by atoms with Gasteiger partial charge in [0.15, 0.2) is 0 Å². The summed E-state index contributed by atoms with van der Waals surface area (Å²) < 4.78 is 14.6. The second-order valence-electron chi connectivity index (χ2n) is 3.47. The molecule has 0 saturated carbocycles. The number of nitrogens with zero attached hydrogens (tertiary/aromatic N) is 1. The molecule has 0 atom stereocenters. The van der Waals surface area contributed by atoms with Crippen LogP contribution in [0.2, 0.25) is 0 Å². The van der Waals surface area contributed by atoms with Crippen LogP contribution >= 0.6 is 0 Å². The monoisotopic (exact) mass is 207 g/mol. The maximum absolute atomic E-state index is 12.9. The molecule has 2 aromatic rings. The van der Waals surface area contributed by atoms with Gasteiger partial charge in [0.05, 0.1) is 0 Å². The highest BCUT2D eigenvalue weighted by molar-refractivity contribution is 5.83. The van der Waals surface area contributed by atoms with E-state index in [1.54, 1.807) is 23.6 Å². The molecule has 0 aliphatic heterocycles. The first-order valence-corrected chi connectivity index (χ1v) is 4.55. The van der Waals surface area contributed by atoms with Crippen molar-refractivity contribution in [2.75, 3.05) is 0 Å². The van der Waals surface area contributed by atoms with Crippen molar-refractivity contribution in [3.8, 4) is 0 Å². The highest BCUT2D eigenvalue weighted by atomic mass is 19.1. The van der Waals surface area contributed by atoms with Gasteiger partial charge in [-0.3, -0.25) is 4.79 Å². The summed E-state index contributed by atoms with van der Waals surface area (Å²) in [5.74, 6) is -1.21. The van der Waals surface area contributed by atoms with E-state index >= 15 is 0 Å². The van der Waals surface area contributed by atoms with E-state index in [1.165, 1.54) is 12.1 Å². The van der Waals surface area contributed by atoms with Crippen molar-refractivity contribution >= 4 is 16.9 Å².